The molecule has 0 unspecified atom stereocenters. The molecule has 0 saturated carbocycles. The summed E-state index contributed by atoms with van der Waals surface area (Å²) in [6.45, 7) is 0.507. The molecule has 1 heterocycles. The average molecular weight is 341 g/mol. The molecule has 3 aromatic rings. The van der Waals surface area contributed by atoms with Gasteiger partial charge in [0.15, 0.2) is 5.16 Å². The summed E-state index contributed by atoms with van der Waals surface area (Å²) in [6, 6.07) is 15.9. The first-order valence-corrected chi connectivity index (χ1v) is 8.43. The average Bonchev–Trinajstić information content (AvgIpc) is 3.08. The Balaban J connectivity index is 1.56. The summed E-state index contributed by atoms with van der Waals surface area (Å²) in [5.74, 6) is -0.0729. The number of nitrogens with one attached hydrogen (secondary N) is 1. The first kappa shape index (κ1) is 16.3. The van der Waals surface area contributed by atoms with Gasteiger partial charge in [-0.25, -0.2) is 9.37 Å². The summed E-state index contributed by atoms with van der Waals surface area (Å²) < 4.78 is 14.9. The van der Waals surface area contributed by atoms with E-state index in [4.69, 9.17) is 0 Å². The smallest absolute Gasteiger partial charge is 0.230 e. The van der Waals surface area contributed by atoms with E-state index >= 15 is 0 Å². The highest BCUT2D eigenvalue weighted by atomic mass is 32.2. The molecule has 4 nitrogen and oxygen atoms in total. The van der Waals surface area contributed by atoms with E-state index in [2.05, 4.69) is 10.3 Å². The fourth-order valence-electron chi connectivity index (χ4n) is 2.17. The highest BCUT2D eigenvalue weighted by molar-refractivity contribution is 7.99. The zero-order valence-corrected chi connectivity index (χ0v) is 13.7. The molecule has 1 aromatic heterocycles. The van der Waals surface area contributed by atoms with Gasteiger partial charge in [0, 0.05) is 24.6 Å². The second-order valence-corrected chi connectivity index (χ2v) is 6.05. The van der Waals surface area contributed by atoms with Crippen LogP contribution in [0.1, 0.15) is 5.56 Å². The second kappa shape index (κ2) is 7.79. The van der Waals surface area contributed by atoms with Gasteiger partial charge in [-0.1, -0.05) is 42.1 Å². The van der Waals surface area contributed by atoms with Crippen molar-refractivity contribution in [3.05, 3.63) is 78.4 Å². The van der Waals surface area contributed by atoms with Crippen LogP contribution >= 0.6 is 11.8 Å². The summed E-state index contributed by atoms with van der Waals surface area (Å²) in [5, 5.41) is 3.57. The minimum absolute atomic E-state index is 0.0579. The molecule has 1 N–H and O–H groups in total. The van der Waals surface area contributed by atoms with Crippen LogP contribution in [-0.4, -0.2) is 21.2 Å². The SMILES string of the molecule is O=C(CSc1nccn1-c1ccc(F)cc1)NCc1ccccc1. The number of thioether (sulfide) groups is 1. The van der Waals surface area contributed by atoms with Crippen molar-refractivity contribution in [1.82, 2.24) is 14.9 Å². The normalized spacial score (nSPS) is 10.5. The Kier molecular flexibility index (Phi) is 5.28. The van der Waals surface area contributed by atoms with Gasteiger partial charge < -0.3 is 5.32 Å². The molecule has 0 aliphatic carbocycles. The third-order valence-corrected chi connectivity index (χ3v) is 4.34. The second-order valence-electron chi connectivity index (χ2n) is 5.11. The molecule has 1 amide bonds. The highest BCUT2D eigenvalue weighted by Gasteiger charge is 2.09. The van der Waals surface area contributed by atoms with Crippen LogP contribution in [0.5, 0.6) is 0 Å². The third kappa shape index (κ3) is 4.23. The number of carbonyl (C=O) groups is 1. The van der Waals surface area contributed by atoms with Gasteiger partial charge in [-0.15, -0.1) is 0 Å². The molecule has 0 aliphatic heterocycles. The molecule has 3 rings (SSSR count). The van der Waals surface area contributed by atoms with Crippen molar-refractivity contribution in [1.29, 1.82) is 0 Å². The Labute approximate surface area is 143 Å². The summed E-state index contributed by atoms with van der Waals surface area (Å²) in [7, 11) is 0. The van der Waals surface area contributed by atoms with E-state index in [9.17, 15) is 9.18 Å². The van der Waals surface area contributed by atoms with Gasteiger partial charge in [0.25, 0.3) is 0 Å². The Hall–Kier alpha value is -2.60. The Morgan fingerprint density at radius 2 is 1.88 bits per heavy atom. The molecule has 2 aromatic carbocycles. The number of carbonyl (C=O) groups excluding carboxylic acids is 1. The fraction of sp³-hybridized carbons (Fsp3) is 0.111. The minimum Gasteiger partial charge on any atom is -0.351 e. The lowest BCUT2D eigenvalue weighted by Crippen LogP contribution is -2.24. The quantitative estimate of drug-likeness (QED) is 0.699. The van der Waals surface area contributed by atoms with Crippen molar-refractivity contribution >= 4 is 17.7 Å². The van der Waals surface area contributed by atoms with Crippen molar-refractivity contribution in [3.8, 4) is 5.69 Å². The van der Waals surface area contributed by atoms with Crippen LogP contribution in [0.25, 0.3) is 5.69 Å². The Morgan fingerprint density at radius 1 is 1.12 bits per heavy atom. The minimum atomic E-state index is -0.284. The van der Waals surface area contributed by atoms with Crippen LogP contribution in [0, 0.1) is 5.82 Å². The van der Waals surface area contributed by atoms with E-state index in [-0.39, 0.29) is 17.5 Å². The van der Waals surface area contributed by atoms with Crippen molar-refractivity contribution in [2.24, 2.45) is 0 Å². The zero-order valence-electron chi connectivity index (χ0n) is 12.9. The number of benzene rings is 2. The number of halogens is 1. The van der Waals surface area contributed by atoms with Gasteiger partial charge in [-0.3, -0.25) is 9.36 Å². The standard InChI is InChI=1S/C18H16FN3OS/c19-15-6-8-16(9-7-15)22-11-10-20-18(22)24-13-17(23)21-12-14-4-2-1-3-5-14/h1-11H,12-13H2,(H,21,23). The summed E-state index contributed by atoms with van der Waals surface area (Å²) in [4.78, 5) is 16.2. The van der Waals surface area contributed by atoms with Crippen molar-refractivity contribution < 1.29 is 9.18 Å². The predicted octanol–water partition coefficient (Wildman–Crippen LogP) is 3.42. The van der Waals surface area contributed by atoms with E-state index in [0.717, 1.165) is 11.3 Å². The number of imidazole rings is 1. The molecular formula is C18H16FN3OS. The summed E-state index contributed by atoms with van der Waals surface area (Å²) >= 11 is 1.34. The first-order valence-electron chi connectivity index (χ1n) is 7.45. The van der Waals surface area contributed by atoms with E-state index in [1.165, 1.54) is 23.9 Å². The van der Waals surface area contributed by atoms with Crippen LogP contribution in [0.15, 0.2) is 72.1 Å². The number of hydrogen-bond acceptors (Lipinski definition) is 3. The summed E-state index contributed by atoms with van der Waals surface area (Å²) in [5.41, 5.74) is 1.87. The van der Waals surface area contributed by atoms with Crippen LogP contribution in [0.3, 0.4) is 0 Å². The van der Waals surface area contributed by atoms with Crippen LogP contribution in [0.4, 0.5) is 4.39 Å². The van der Waals surface area contributed by atoms with Gasteiger partial charge >= 0.3 is 0 Å². The van der Waals surface area contributed by atoms with Crippen molar-refractivity contribution in [2.45, 2.75) is 11.7 Å². The molecule has 24 heavy (non-hydrogen) atoms. The number of nitrogens with zero attached hydrogens (tertiary/aromatic N) is 2. The molecule has 0 saturated heterocycles. The first-order chi connectivity index (χ1) is 11.7. The van der Waals surface area contributed by atoms with Crippen molar-refractivity contribution in [2.75, 3.05) is 5.75 Å². The molecule has 122 valence electrons. The lowest BCUT2D eigenvalue weighted by atomic mass is 10.2. The molecule has 6 heteroatoms. The monoisotopic (exact) mass is 341 g/mol. The maximum Gasteiger partial charge on any atom is 0.230 e. The van der Waals surface area contributed by atoms with E-state index in [1.807, 2.05) is 34.9 Å². The summed E-state index contributed by atoms with van der Waals surface area (Å²) in [6.07, 6.45) is 3.45. The molecule has 0 spiro atoms. The molecule has 0 radical (unpaired) electrons. The lowest BCUT2D eigenvalue weighted by molar-refractivity contribution is -0.118. The lowest BCUT2D eigenvalue weighted by Gasteiger charge is -2.08. The van der Waals surface area contributed by atoms with Gasteiger partial charge in [0.1, 0.15) is 5.82 Å². The largest absolute Gasteiger partial charge is 0.351 e. The molecule has 0 fully saturated rings. The van der Waals surface area contributed by atoms with Crippen LogP contribution in [0.2, 0.25) is 0 Å². The number of aromatic nitrogens is 2. The van der Waals surface area contributed by atoms with E-state index in [0.29, 0.717) is 11.7 Å². The van der Waals surface area contributed by atoms with E-state index < -0.39 is 0 Å². The van der Waals surface area contributed by atoms with Gasteiger partial charge in [0.2, 0.25) is 5.91 Å². The zero-order chi connectivity index (χ0) is 16.8. The highest BCUT2D eigenvalue weighted by Crippen LogP contribution is 2.20. The third-order valence-electron chi connectivity index (χ3n) is 3.38. The topological polar surface area (TPSA) is 46.9 Å². The number of rotatable bonds is 6. The molecule has 0 aliphatic rings. The van der Waals surface area contributed by atoms with Crippen LogP contribution in [-0.2, 0) is 11.3 Å². The predicted molar refractivity (Wildman–Crippen MR) is 92.5 cm³/mol. The maximum atomic E-state index is 13.0. The number of amides is 1. The van der Waals surface area contributed by atoms with Crippen LogP contribution < -0.4 is 5.32 Å². The Morgan fingerprint density at radius 3 is 2.62 bits per heavy atom. The number of hydrogen-bond donors (Lipinski definition) is 1. The fourth-order valence-corrected chi connectivity index (χ4v) is 2.98. The van der Waals surface area contributed by atoms with Gasteiger partial charge in [-0.2, -0.15) is 0 Å². The molecular weight excluding hydrogens is 325 g/mol. The van der Waals surface area contributed by atoms with Crippen molar-refractivity contribution in [3.63, 3.8) is 0 Å². The van der Waals surface area contributed by atoms with Gasteiger partial charge in [-0.05, 0) is 29.8 Å². The maximum absolute atomic E-state index is 13.0. The molecule has 0 atom stereocenters. The Bertz CT molecular complexity index is 803. The molecule has 0 bridgehead atoms. The van der Waals surface area contributed by atoms with Gasteiger partial charge in [0.05, 0.1) is 5.75 Å². The van der Waals surface area contributed by atoms with E-state index in [1.54, 1.807) is 24.5 Å².